The lowest BCUT2D eigenvalue weighted by Crippen LogP contribution is -2.33. The fourth-order valence-electron chi connectivity index (χ4n) is 3.44. The van der Waals surface area contributed by atoms with Gasteiger partial charge in [-0.05, 0) is 60.7 Å². The number of carbonyl (C=O) groups is 1. The molecular formula is C24H21N3O2. The Kier molecular flexibility index (Phi) is 4.96. The summed E-state index contributed by atoms with van der Waals surface area (Å²) in [5, 5.41) is 0.945. The number of para-hydroxylation sites is 1. The van der Waals surface area contributed by atoms with Crippen LogP contribution < -0.4 is 10.5 Å². The highest BCUT2D eigenvalue weighted by Crippen LogP contribution is 2.22. The fourth-order valence-corrected chi connectivity index (χ4v) is 3.44. The highest BCUT2D eigenvalue weighted by molar-refractivity contribution is 6.06. The lowest BCUT2D eigenvalue weighted by Gasteiger charge is -2.23. The molecule has 0 aliphatic heterocycles. The molecule has 0 unspecified atom stereocenters. The molecule has 144 valence electrons. The first-order valence-electron chi connectivity index (χ1n) is 9.43. The summed E-state index contributed by atoms with van der Waals surface area (Å²) >= 11 is 0. The molecule has 2 aromatic heterocycles. The Labute approximate surface area is 168 Å². The van der Waals surface area contributed by atoms with E-state index in [-0.39, 0.29) is 18.0 Å². The van der Waals surface area contributed by atoms with E-state index in [9.17, 15) is 9.59 Å². The standard InChI is InChI=1S/C24H21N3O2/c1-16-5-3-8-21(13-16)27(24(29)18-9-11-25-12-10-18)15-20-14-19-7-4-6-17(2)22(19)26-23(20)28/h3-14H,15H2,1-2H3,(H,26,28). The van der Waals surface area contributed by atoms with Crippen molar-refractivity contribution in [3.8, 4) is 0 Å². The number of anilines is 1. The second kappa shape index (κ2) is 7.72. The largest absolute Gasteiger partial charge is 0.321 e. The minimum absolute atomic E-state index is 0.170. The smallest absolute Gasteiger partial charge is 0.258 e. The number of amides is 1. The number of aromatic nitrogens is 2. The molecule has 0 saturated heterocycles. The number of hydrogen-bond donors (Lipinski definition) is 1. The molecule has 1 N–H and O–H groups in total. The Morgan fingerprint density at radius 2 is 1.76 bits per heavy atom. The second-order valence-electron chi connectivity index (χ2n) is 7.13. The molecule has 0 bridgehead atoms. The predicted molar refractivity (Wildman–Crippen MR) is 115 cm³/mol. The highest BCUT2D eigenvalue weighted by atomic mass is 16.2. The van der Waals surface area contributed by atoms with E-state index in [1.807, 2.05) is 62.4 Å². The van der Waals surface area contributed by atoms with E-state index in [2.05, 4.69) is 9.97 Å². The molecule has 0 aliphatic carbocycles. The summed E-state index contributed by atoms with van der Waals surface area (Å²) < 4.78 is 0. The molecule has 0 aliphatic rings. The van der Waals surface area contributed by atoms with Crippen molar-refractivity contribution in [2.75, 3.05) is 4.90 Å². The van der Waals surface area contributed by atoms with Crippen LogP contribution in [-0.4, -0.2) is 15.9 Å². The minimum Gasteiger partial charge on any atom is -0.321 e. The van der Waals surface area contributed by atoms with Crippen molar-refractivity contribution in [2.45, 2.75) is 20.4 Å². The maximum Gasteiger partial charge on any atom is 0.258 e. The van der Waals surface area contributed by atoms with Gasteiger partial charge in [-0.1, -0.05) is 30.3 Å². The molecule has 0 atom stereocenters. The Balaban J connectivity index is 1.80. The van der Waals surface area contributed by atoms with Crippen LogP contribution in [0.15, 0.2) is 77.9 Å². The van der Waals surface area contributed by atoms with E-state index in [4.69, 9.17) is 0 Å². The normalized spacial score (nSPS) is 10.8. The van der Waals surface area contributed by atoms with Crippen LogP contribution in [0.25, 0.3) is 10.9 Å². The van der Waals surface area contributed by atoms with Gasteiger partial charge in [0.15, 0.2) is 0 Å². The summed E-state index contributed by atoms with van der Waals surface area (Å²) in [6.45, 7) is 4.11. The summed E-state index contributed by atoms with van der Waals surface area (Å²) in [5.41, 5.74) is 4.49. The second-order valence-corrected chi connectivity index (χ2v) is 7.13. The third kappa shape index (κ3) is 3.80. The number of aryl methyl sites for hydroxylation is 2. The van der Waals surface area contributed by atoms with Crippen LogP contribution in [0.5, 0.6) is 0 Å². The number of rotatable bonds is 4. The van der Waals surface area contributed by atoms with Gasteiger partial charge in [0.25, 0.3) is 11.5 Å². The highest BCUT2D eigenvalue weighted by Gasteiger charge is 2.20. The van der Waals surface area contributed by atoms with Gasteiger partial charge < -0.3 is 9.88 Å². The number of benzene rings is 2. The molecule has 4 rings (SSSR count). The number of pyridine rings is 2. The molecule has 2 heterocycles. The van der Waals surface area contributed by atoms with E-state index in [0.29, 0.717) is 11.1 Å². The van der Waals surface area contributed by atoms with Crippen LogP contribution in [0.3, 0.4) is 0 Å². The molecule has 0 fully saturated rings. The van der Waals surface area contributed by atoms with Gasteiger partial charge in [0.05, 0.1) is 12.1 Å². The van der Waals surface area contributed by atoms with Gasteiger partial charge >= 0.3 is 0 Å². The number of fused-ring (bicyclic) bond motifs is 1. The molecule has 0 saturated carbocycles. The molecule has 0 radical (unpaired) electrons. The molecular weight excluding hydrogens is 362 g/mol. The number of H-pyrrole nitrogens is 1. The summed E-state index contributed by atoms with van der Waals surface area (Å²) in [6.07, 6.45) is 3.18. The molecule has 29 heavy (non-hydrogen) atoms. The quantitative estimate of drug-likeness (QED) is 0.568. The number of nitrogens with zero attached hydrogens (tertiary/aromatic N) is 2. The molecule has 1 amide bonds. The fraction of sp³-hybridized carbons (Fsp3) is 0.125. The van der Waals surface area contributed by atoms with Crippen LogP contribution in [0.1, 0.15) is 27.0 Å². The van der Waals surface area contributed by atoms with Crippen molar-refractivity contribution in [3.63, 3.8) is 0 Å². The Morgan fingerprint density at radius 3 is 2.52 bits per heavy atom. The van der Waals surface area contributed by atoms with Crippen LogP contribution in [0.4, 0.5) is 5.69 Å². The predicted octanol–water partition coefficient (Wildman–Crippen LogP) is 4.39. The number of carbonyl (C=O) groups excluding carboxylic acids is 1. The first kappa shape index (κ1) is 18.6. The van der Waals surface area contributed by atoms with E-state index < -0.39 is 0 Å². The molecule has 0 spiro atoms. The number of aromatic amines is 1. The van der Waals surface area contributed by atoms with Crippen LogP contribution in [-0.2, 0) is 6.54 Å². The maximum atomic E-state index is 13.3. The molecule has 2 aromatic carbocycles. The zero-order valence-electron chi connectivity index (χ0n) is 16.3. The average Bonchev–Trinajstić information content (AvgIpc) is 2.73. The van der Waals surface area contributed by atoms with Gasteiger partial charge in [0.1, 0.15) is 0 Å². The zero-order chi connectivity index (χ0) is 20.4. The Morgan fingerprint density at radius 1 is 1.00 bits per heavy atom. The van der Waals surface area contributed by atoms with E-state index in [1.165, 1.54) is 0 Å². The lowest BCUT2D eigenvalue weighted by molar-refractivity contribution is 0.0985. The molecule has 4 aromatic rings. The molecule has 5 heteroatoms. The summed E-state index contributed by atoms with van der Waals surface area (Å²) in [6, 6.07) is 18.8. The first-order valence-corrected chi connectivity index (χ1v) is 9.43. The van der Waals surface area contributed by atoms with E-state index in [0.717, 1.165) is 27.7 Å². The third-order valence-electron chi connectivity index (χ3n) is 4.98. The average molecular weight is 383 g/mol. The minimum atomic E-state index is -0.188. The van der Waals surface area contributed by atoms with Crippen LogP contribution in [0.2, 0.25) is 0 Å². The summed E-state index contributed by atoms with van der Waals surface area (Å²) in [5.74, 6) is -0.179. The Hall–Kier alpha value is -3.73. The van der Waals surface area contributed by atoms with Gasteiger partial charge in [0.2, 0.25) is 0 Å². The van der Waals surface area contributed by atoms with Crippen molar-refractivity contribution in [2.24, 2.45) is 0 Å². The van der Waals surface area contributed by atoms with Crippen molar-refractivity contribution in [1.29, 1.82) is 0 Å². The molecule has 5 nitrogen and oxygen atoms in total. The van der Waals surface area contributed by atoms with Crippen molar-refractivity contribution in [3.05, 3.63) is 106 Å². The Bertz CT molecular complexity index is 1250. The van der Waals surface area contributed by atoms with Gasteiger partial charge in [-0.15, -0.1) is 0 Å². The van der Waals surface area contributed by atoms with Crippen LogP contribution >= 0.6 is 0 Å². The van der Waals surface area contributed by atoms with E-state index >= 15 is 0 Å². The maximum absolute atomic E-state index is 13.3. The summed E-state index contributed by atoms with van der Waals surface area (Å²) in [4.78, 5) is 34.6. The van der Waals surface area contributed by atoms with Gasteiger partial charge in [0, 0.05) is 29.2 Å². The van der Waals surface area contributed by atoms with Crippen molar-refractivity contribution < 1.29 is 4.79 Å². The third-order valence-corrected chi connectivity index (χ3v) is 4.98. The SMILES string of the molecule is Cc1cccc(N(Cc2cc3cccc(C)c3[nH]c2=O)C(=O)c2ccncc2)c1. The summed E-state index contributed by atoms with van der Waals surface area (Å²) in [7, 11) is 0. The number of nitrogens with one attached hydrogen (secondary N) is 1. The van der Waals surface area contributed by atoms with Crippen LogP contribution in [0, 0.1) is 13.8 Å². The zero-order valence-corrected chi connectivity index (χ0v) is 16.3. The first-order chi connectivity index (χ1) is 14.0. The monoisotopic (exact) mass is 383 g/mol. The lowest BCUT2D eigenvalue weighted by atomic mass is 10.1. The van der Waals surface area contributed by atoms with Gasteiger partial charge in [-0.2, -0.15) is 0 Å². The van der Waals surface area contributed by atoms with Crippen molar-refractivity contribution >= 4 is 22.5 Å². The van der Waals surface area contributed by atoms with Crippen molar-refractivity contribution in [1.82, 2.24) is 9.97 Å². The van der Waals surface area contributed by atoms with E-state index in [1.54, 1.807) is 29.4 Å². The van der Waals surface area contributed by atoms with Gasteiger partial charge in [-0.25, -0.2) is 0 Å². The number of hydrogen-bond acceptors (Lipinski definition) is 3. The van der Waals surface area contributed by atoms with Gasteiger partial charge in [-0.3, -0.25) is 14.6 Å². The topological polar surface area (TPSA) is 66.1 Å².